The van der Waals surface area contributed by atoms with Crippen molar-refractivity contribution in [3.8, 4) is 5.75 Å². The Morgan fingerprint density at radius 3 is 2.38 bits per heavy atom. The second kappa shape index (κ2) is 10.6. The summed E-state index contributed by atoms with van der Waals surface area (Å²) in [5.41, 5.74) is 8.55. The van der Waals surface area contributed by atoms with E-state index in [1.807, 2.05) is 18.2 Å². The van der Waals surface area contributed by atoms with Crippen LogP contribution in [0, 0.1) is 11.3 Å². The zero-order valence-corrected chi connectivity index (χ0v) is 16.8. The van der Waals surface area contributed by atoms with Crippen molar-refractivity contribution in [2.45, 2.75) is 32.0 Å². The molecule has 0 radical (unpaired) electrons. The number of carboxylic acid groups (broad SMARTS) is 1. The van der Waals surface area contributed by atoms with Gasteiger partial charge in [0, 0.05) is 17.0 Å². The number of carboxylic acids is 1. The van der Waals surface area contributed by atoms with Gasteiger partial charge in [-0.05, 0) is 42.2 Å². The van der Waals surface area contributed by atoms with Crippen molar-refractivity contribution in [1.29, 1.82) is 5.41 Å². The molecule has 3 rings (SSSR count). The van der Waals surface area contributed by atoms with E-state index in [0.717, 1.165) is 11.1 Å². The van der Waals surface area contributed by atoms with E-state index in [9.17, 15) is 22.8 Å². The quantitative estimate of drug-likeness (QED) is 0.351. The van der Waals surface area contributed by atoms with Gasteiger partial charge in [-0.1, -0.05) is 24.3 Å². The predicted octanol–water partition coefficient (Wildman–Crippen LogP) is 3.52. The minimum atomic E-state index is -4.64. The maximum atomic E-state index is 12.4. The number of nitrogen functional groups attached to an aromatic ring is 1. The Labute approximate surface area is 181 Å². The monoisotopic (exact) mass is 450 g/mol. The van der Waals surface area contributed by atoms with Crippen LogP contribution in [-0.4, -0.2) is 35.2 Å². The number of ketones is 1. The molecule has 1 aliphatic rings. The maximum Gasteiger partial charge on any atom is 0.446 e. The Balaban J connectivity index is 0.000000534. The number of aliphatic carboxylic acids is 1. The topological polar surface area (TPSA) is 131 Å². The van der Waals surface area contributed by atoms with Gasteiger partial charge >= 0.3 is 12.1 Å². The van der Waals surface area contributed by atoms with Crippen LogP contribution >= 0.6 is 0 Å². The Hall–Kier alpha value is -3.69. The van der Waals surface area contributed by atoms with E-state index in [1.165, 1.54) is 0 Å². The molecule has 170 valence electrons. The normalized spacial score (nSPS) is 15.1. The average Bonchev–Trinajstić information content (AvgIpc) is 2.74. The lowest BCUT2D eigenvalue weighted by Crippen LogP contribution is -2.24. The molecule has 4 N–H and O–H groups in total. The summed E-state index contributed by atoms with van der Waals surface area (Å²) in [6.07, 6.45) is -4.60. The molecule has 7 nitrogen and oxygen atoms in total. The number of alkyl halides is 3. The molecule has 2 aromatic rings. The number of fused-ring (bicyclic) bond motifs is 1. The first-order valence-electron chi connectivity index (χ1n) is 9.48. The van der Waals surface area contributed by atoms with Gasteiger partial charge in [0.2, 0.25) is 6.29 Å². The second-order valence-corrected chi connectivity index (χ2v) is 7.08. The third kappa shape index (κ3) is 7.22. The molecule has 10 heteroatoms. The van der Waals surface area contributed by atoms with E-state index in [4.69, 9.17) is 25.8 Å². The highest BCUT2D eigenvalue weighted by molar-refractivity contribution is 6.01. The summed E-state index contributed by atoms with van der Waals surface area (Å²) in [7, 11) is 0. The molecule has 1 aliphatic carbocycles. The van der Waals surface area contributed by atoms with Gasteiger partial charge in [-0.2, -0.15) is 13.2 Å². The summed E-state index contributed by atoms with van der Waals surface area (Å²) in [5.74, 6) is -0.781. The van der Waals surface area contributed by atoms with Gasteiger partial charge in [0.1, 0.15) is 18.2 Å². The molecular formula is C22H21F3N2O5. The van der Waals surface area contributed by atoms with E-state index in [-0.39, 0.29) is 18.0 Å². The number of hydrogen-bond donors (Lipinski definition) is 3. The molecule has 2 aromatic carbocycles. The lowest BCUT2D eigenvalue weighted by atomic mass is 9.81. The van der Waals surface area contributed by atoms with Crippen LogP contribution < -0.4 is 10.5 Å². The number of carbonyl (C=O) groups is 3. The molecule has 0 bridgehead atoms. The van der Waals surface area contributed by atoms with Crippen LogP contribution in [0.4, 0.5) is 13.2 Å². The Morgan fingerprint density at radius 1 is 1.22 bits per heavy atom. The first-order valence-corrected chi connectivity index (χ1v) is 9.48. The van der Waals surface area contributed by atoms with E-state index in [0.29, 0.717) is 36.3 Å². The number of benzene rings is 2. The fourth-order valence-electron chi connectivity index (χ4n) is 3.14. The van der Waals surface area contributed by atoms with Crippen LogP contribution in [-0.2, 0) is 22.6 Å². The number of nitrogens with one attached hydrogen (secondary N) is 1. The summed E-state index contributed by atoms with van der Waals surface area (Å²) in [4.78, 5) is 32.0. The van der Waals surface area contributed by atoms with Crippen molar-refractivity contribution in [2.75, 3.05) is 0 Å². The predicted molar refractivity (Wildman–Crippen MR) is 109 cm³/mol. The molecule has 0 heterocycles. The fourth-order valence-corrected chi connectivity index (χ4v) is 3.14. The third-order valence-corrected chi connectivity index (χ3v) is 4.70. The van der Waals surface area contributed by atoms with Crippen molar-refractivity contribution in [2.24, 2.45) is 11.7 Å². The van der Waals surface area contributed by atoms with Gasteiger partial charge in [0.15, 0.2) is 5.78 Å². The molecule has 0 amide bonds. The number of amidine groups is 1. The molecule has 0 aromatic heterocycles. The van der Waals surface area contributed by atoms with E-state index < -0.39 is 24.3 Å². The van der Waals surface area contributed by atoms with Gasteiger partial charge in [-0.3, -0.25) is 19.8 Å². The van der Waals surface area contributed by atoms with Gasteiger partial charge in [-0.25, -0.2) is 0 Å². The van der Waals surface area contributed by atoms with Crippen LogP contribution in [0.1, 0.15) is 39.9 Å². The van der Waals surface area contributed by atoms with Gasteiger partial charge in [0.05, 0.1) is 6.42 Å². The molecule has 0 saturated carbocycles. The molecule has 1 unspecified atom stereocenters. The number of Topliss-reactive ketones (excluding diaryl/α,β-unsaturated/α-hetero) is 1. The Morgan fingerprint density at radius 2 is 1.84 bits per heavy atom. The largest absolute Gasteiger partial charge is 0.489 e. The molecule has 1 atom stereocenters. The van der Waals surface area contributed by atoms with Crippen LogP contribution in [0.5, 0.6) is 5.75 Å². The van der Waals surface area contributed by atoms with Crippen molar-refractivity contribution in [3.63, 3.8) is 0 Å². The molecule has 0 saturated heterocycles. The van der Waals surface area contributed by atoms with Crippen molar-refractivity contribution < 1.29 is 37.4 Å². The number of rotatable bonds is 6. The maximum absolute atomic E-state index is 12.4. The number of ether oxygens (including phenoxy) is 1. The first-order chi connectivity index (χ1) is 15.0. The Bertz CT molecular complexity index is 1000. The average molecular weight is 450 g/mol. The molecule has 0 fully saturated rings. The third-order valence-electron chi connectivity index (χ3n) is 4.70. The van der Waals surface area contributed by atoms with E-state index in [1.54, 1.807) is 24.3 Å². The van der Waals surface area contributed by atoms with Crippen LogP contribution in [0.25, 0.3) is 0 Å². The molecule has 0 spiro atoms. The highest BCUT2D eigenvalue weighted by atomic mass is 19.4. The van der Waals surface area contributed by atoms with Gasteiger partial charge in [0.25, 0.3) is 0 Å². The summed E-state index contributed by atoms with van der Waals surface area (Å²) in [6.45, 7) is 0.368. The smallest absolute Gasteiger partial charge is 0.446 e. The molecule has 32 heavy (non-hydrogen) atoms. The van der Waals surface area contributed by atoms with Crippen molar-refractivity contribution >= 4 is 23.9 Å². The SMILES string of the molecule is N=C(N)c1ccc(COc2ccc3c(c2)CCC(CC(=O)O)C3=O)cc1.O=CC(F)(F)F. The molecular weight excluding hydrogens is 429 g/mol. The number of carbonyl (C=O) groups excluding carboxylic acids is 2. The number of aryl methyl sites for hydroxylation is 1. The van der Waals surface area contributed by atoms with Gasteiger partial charge in [-0.15, -0.1) is 0 Å². The van der Waals surface area contributed by atoms with Crippen LogP contribution in [0.2, 0.25) is 0 Å². The van der Waals surface area contributed by atoms with E-state index in [2.05, 4.69) is 0 Å². The lowest BCUT2D eigenvalue weighted by Gasteiger charge is -2.22. The highest BCUT2D eigenvalue weighted by Gasteiger charge is 2.29. The zero-order valence-electron chi connectivity index (χ0n) is 16.8. The minimum Gasteiger partial charge on any atom is -0.489 e. The summed E-state index contributed by atoms with van der Waals surface area (Å²) < 4.78 is 37.0. The zero-order chi connectivity index (χ0) is 23.9. The van der Waals surface area contributed by atoms with E-state index >= 15 is 0 Å². The number of nitrogens with two attached hydrogens (primary N) is 1. The van der Waals surface area contributed by atoms with Crippen LogP contribution in [0.3, 0.4) is 0 Å². The van der Waals surface area contributed by atoms with Crippen LogP contribution in [0.15, 0.2) is 42.5 Å². The molecule has 0 aliphatic heterocycles. The second-order valence-electron chi connectivity index (χ2n) is 7.08. The van der Waals surface area contributed by atoms with Crippen molar-refractivity contribution in [3.05, 3.63) is 64.7 Å². The van der Waals surface area contributed by atoms with Crippen molar-refractivity contribution in [1.82, 2.24) is 0 Å². The number of halogens is 3. The number of aldehydes is 1. The standard InChI is InChI=1S/C20H20N2O4.C2HF3O/c21-20(22)13-3-1-12(2-4-13)11-26-16-7-8-17-14(9-16)5-6-15(19(17)25)10-18(23)24;3-2(4,5)1-6/h1-4,7-9,15H,5-6,10-11H2,(H3,21,22)(H,23,24);1H. The Kier molecular flexibility index (Phi) is 8.11. The lowest BCUT2D eigenvalue weighted by molar-refractivity contribution is -0.156. The minimum absolute atomic E-state index is 0.0259. The first kappa shape index (κ1) is 24.6. The fraction of sp³-hybridized carbons (Fsp3) is 0.273. The highest BCUT2D eigenvalue weighted by Crippen LogP contribution is 2.30. The summed E-state index contributed by atoms with van der Waals surface area (Å²) in [5, 5.41) is 16.3. The summed E-state index contributed by atoms with van der Waals surface area (Å²) >= 11 is 0. The summed E-state index contributed by atoms with van der Waals surface area (Å²) in [6, 6.07) is 12.6. The number of hydrogen-bond acceptors (Lipinski definition) is 5. The van der Waals surface area contributed by atoms with Gasteiger partial charge < -0.3 is 15.6 Å².